The molecule has 0 radical (unpaired) electrons. The van der Waals surface area contributed by atoms with Crippen LogP contribution in [0.15, 0.2) is 0 Å². The number of rotatable bonds is 12. The molecule has 0 saturated heterocycles. The molecule has 0 aromatic heterocycles. The minimum absolute atomic E-state index is 0.109. The molecule has 0 spiro atoms. The van der Waals surface area contributed by atoms with Crippen LogP contribution in [0, 0.1) is 0 Å². The molecule has 0 aromatic rings. The first-order chi connectivity index (χ1) is 9.50. The number of hydrogen-bond donors (Lipinski definition) is 2. The van der Waals surface area contributed by atoms with Gasteiger partial charge in [-0.1, -0.05) is 33.6 Å². The van der Waals surface area contributed by atoms with Crippen molar-refractivity contribution in [1.29, 1.82) is 0 Å². The molecule has 1 atom stereocenters. The third-order valence-corrected chi connectivity index (χ3v) is 4.27. The van der Waals surface area contributed by atoms with Crippen molar-refractivity contribution < 1.29 is 5.11 Å². The van der Waals surface area contributed by atoms with Crippen LogP contribution in [0.5, 0.6) is 0 Å². The van der Waals surface area contributed by atoms with Crippen molar-refractivity contribution in [3.8, 4) is 0 Å². The van der Waals surface area contributed by atoms with Crippen molar-refractivity contribution in [2.24, 2.45) is 0 Å². The van der Waals surface area contributed by atoms with Crippen LogP contribution in [-0.4, -0.2) is 47.3 Å². The quantitative estimate of drug-likeness (QED) is 0.540. The molecule has 1 aliphatic rings. The van der Waals surface area contributed by atoms with Crippen LogP contribution >= 0.6 is 0 Å². The van der Waals surface area contributed by atoms with Crippen molar-refractivity contribution in [3.63, 3.8) is 0 Å². The molecule has 2 N–H and O–H groups in total. The van der Waals surface area contributed by atoms with Crippen molar-refractivity contribution >= 4 is 0 Å². The van der Waals surface area contributed by atoms with Gasteiger partial charge in [-0.2, -0.15) is 0 Å². The highest BCUT2D eigenvalue weighted by Crippen LogP contribution is 2.27. The molecule has 0 aliphatic heterocycles. The maximum Gasteiger partial charge on any atom is 0.0610 e. The molecule has 0 aromatic carbocycles. The minimum atomic E-state index is -0.109. The summed E-state index contributed by atoms with van der Waals surface area (Å²) in [7, 11) is 0. The van der Waals surface area contributed by atoms with E-state index in [1.807, 2.05) is 0 Å². The van der Waals surface area contributed by atoms with E-state index in [0.717, 1.165) is 12.5 Å². The van der Waals surface area contributed by atoms with Gasteiger partial charge in [0.25, 0.3) is 0 Å². The first-order valence-electron chi connectivity index (χ1n) is 8.63. The molecular weight excluding hydrogens is 248 g/mol. The fourth-order valence-electron chi connectivity index (χ4n) is 3.00. The first kappa shape index (κ1) is 17.9. The molecule has 1 aliphatic carbocycles. The van der Waals surface area contributed by atoms with Gasteiger partial charge in [-0.25, -0.2) is 0 Å². The van der Waals surface area contributed by atoms with Gasteiger partial charge < -0.3 is 15.3 Å². The summed E-state index contributed by atoms with van der Waals surface area (Å²) in [6.07, 6.45) is 8.97. The Balaban J connectivity index is 2.21. The second-order valence-electron chi connectivity index (χ2n) is 7.10. The number of aliphatic hydroxyl groups is 1. The molecule has 0 bridgehead atoms. The van der Waals surface area contributed by atoms with Crippen LogP contribution in [0.25, 0.3) is 0 Å². The molecule has 3 heteroatoms. The van der Waals surface area contributed by atoms with Crippen LogP contribution in [0.2, 0.25) is 0 Å². The fraction of sp³-hybridized carbons (Fsp3) is 1.00. The average Bonchev–Trinajstić information content (AvgIpc) is 3.21. The van der Waals surface area contributed by atoms with E-state index in [9.17, 15) is 5.11 Å². The van der Waals surface area contributed by atoms with Crippen LogP contribution in [0.4, 0.5) is 0 Å². The molecule has 3 nitrogen and oxygen atoms in total. The number of hydrogen-bond acceptors (Lipinski definition) is 3. The lowest BCUT2D eigenvalue weighted by molar-refractivity contribution is 0.151. The van der Waals surface area contributed by atoms with Gasteiger partial charge in [0, 0.05) is 17.6 Å². The smallest absolute Gasteiger partial charge is 0.0610 e. The molecule has 120 valence electrons. The van der Waals surface area contributed by atoms with E-state index in [1.54, 1.807) is 0 Å². The predicted molar refractivity (Wildman–Crippen MR) is 87.1 cm³/mol. The van der Waals surface area contributed by atoms with E-state index < -0.39 is 0 Å². The third-order valence-electron chi connectivity index (χ3n) is 4.27. The molecule has 20 heavy (non-hydrogen) atoms. The summed E-state index contributed by atoms with van der Waals surface area (Å²) in [5.41, 5.74) is -0.109. The van der Waals surface area contributed by atoms with Crippen molar-refractivity contribution in [1.82, 2.24) is 10.2 Å². The normalized spacial score (nSPS) is 18.8. The maximum atomic E-state index is 9.58. The van der Waals surface area contributed by atoms with Gasteiger partial charge in [0.15, 0.2) is 0 Å². The summed E-state index contributed by atoms with van der Waals surface area (Å²) in [5.74, 6) is 0. The van der Waals surface area contributed by atoms with E-state index in [4.69, 9.17) is 0 Å². The molecule has 1 fully saturated rings. The topological polar surface area (TPSA) is 35.5 Å². The summed E-state index contributed by atoms with van der Waals surface area (Å²) in [6.45, 7) is 11.5. The van der Waals surface area contributed by atoms with Gasteiger partial charge in [-0.3, -0.25) is 0 Å². The Hall–Kier alpha value is -0.120. The van der Waals surface area contributed by atoms with E-state index in [1.165, 1.54) is 51.6 Å². The zero-order chi connectivity index (χ0) is 15.0. The number of aliphatic hydroxyl groups excluding tert-OH is 1. The molecule has 1 saturated carbocycles. The molecule has 1 unspecified atom stereocenters. The second-order valence-corrected chi connectivity index (χ2v) is 7.10. The zero-order valence-corrected chi connectivity index (χ0v) is 14.1. The Morgan fingerprint density at radius 1 is 1.20 bits per heavy atom. The Kier molecular flexibility index (Phi) is 8.08. The van der Waals surface area contributed by atoms with Crippen molar-refractivity contribution in [2.75, 3.05) is 19.7 Å². The number of unbranched alkanes of at least 4 members (excludes halogenated alkanes) is 2. The van der Waals surface area contributed by atoms with Gasteiger partial charge in [0.05, 0.1) is 6.61 Å². The Morgan fingerprint density at radius 2 is 1.85 bits per heavy atom. The fourth-order valence-corrected chi connectivity index (χ4v) is 3.00. The van der Waals surface area contributed by atoms with Gasteiger partial charge in [-0.15, -0.1) is 0 Å². The lowest BCUT2D eigenvalue weighted by Crippen LogP contribution is -2.49. The second kappa shape index (κ2) is 9.01. The van der Waals surface area contributed by atoms with Crippen LogP contribution in [0.3, 0.4) is 0 Å². The summed E-state index contributed by atoms with van der Waals surface area (Å²) in [4.78, 5) is 2.69. The average molecular weight is 284 g/mol. The summed E-state index contributed by atoms with van der Waals surface area (Å²) in [6, 6.07) is 1.32. The number of nitrogens with zero attached hydrogens (tertiary/aromatic N) is 1. The van der Waals surface area contributed by atoms with Gasteiger partial charge >= 0.3 is 0 Å². The Bertz CT molecular complexity index is 253. The zero-order valence-electron chi connectivity index (χ0n) is 14.1. The lowest BCUT2D eigenvalue weighted by Gasteiger charge is -2.31. The van der Waals surface area contributed by atoms with Crippen LogP contribution < -0.4 is 5.32 Å². The van der Waals surface area contributed by atoms with Gasteiger partial charge in [0.2, 0.25) is 0 Å². The molecular formula is C17H36N2O. The highest BCUT2D eigenvalue weighted by atomic mass is 16.3. The van der Waals surface area contributed by atoms with E-state index in [0.29, 0.717) is 6.04 Å². The largest absolute Gasteiger partial charge is 0.394 e. The maximum absolute atomic E-state index is 9.58. The van der Waals surface area contributed by atoms with Gasteiger partial charge in [-0.05, 0) is 52.1 Å². The highest BCUT2D eigenvalue weighted by Gasteiger charge is 2.28. The van der Waals surface area contributed by atoms with E-state index in [-0.39, 0.29) is 12.1 Å². The summed E-state index contributed by atoms with van der Waals surface area (Å²) < 4.78 is 0. The SMILES string of the molecule is CCCCN(CCCCC(C)(CO)NC(C)C)C1CC1. The third kappa shape index (κ3) is 7.05. The molecule has 0 heterocycles. The van der Waals surface area contributed by atoms with E-state index in [2.05, 4.69) is 37.9 Å². The van der Waals surface area contributed by atoms with E-state index >= 15 is 0 Å². The van der Waals surface area contributed by atoms with Crippen LogP contribution in [-0.2, 0) is 0 Å². The summed E-state index contributed by atoms with van der Waals surface area (Å²) >= 11 is 0. The minimum Gasteiger partial charge on any atom is -0.394 e. The van der Waals surface area contributed by atoms with Crippen molar-refractivity contribution in [3.05, 3.63) is 0 Å². The standard InChI is InChI=1S/C17H36N2O/c1-5-6-12-19(16-9-10-16)13-8-7-11-17(4,14-20)18-15(2)3/h15-16,18,20H,5-14H2,1-4H3. The summed E-state index contributed by atoms with van der Waals surface area (Å²) in [5, 5.41) is 13.1. The number of nitrogens with one attached hydrogen (secondary N) is 1. The highest BCUT2D eigenvalue weighted by molar-refractivity contribution is 4.86. The van der Waals surface area contributed by atoms with Crippen LogP contribution in [0.1, 0.15) is 72.6 Å². The Morgan fingerprint density at radius 3 is 2.35 bits per heavy atom. The molecule has 1 rings (SSSR count). The Labute approximate surface area is 126 Å². The van der Waals surface area contributed by atoms with Gasteiger partial charge in [0.1, 0.15) is 0 Å². The molecule has 0 amide bonds. The lowest BCUT2D eigenvalue weighted by atomic mass is 9.94. The monoisotopic (exact) mass is 284 g/mol. The predicted octanol–water partition coefficient (Wildman–Crippen LogP) is 3.17. The van der Waals surface area contributed by atoms with Crippen molar-refractivity contribution in [2.45, 2.75) is 90.3 Å². The first-order valence-corrected chi connectivity index (χ1v) is 8.63.